The van der Waals surface area contributed by atoms with E-state index in [2.05, 4.69) is 15.3 Å². The number of thiophene rings is 1. The molecule has 126 valence electrons. The SMILES string of the molecule is Cc1noc(C)c1S(=O)(=O)N1CC(c2nc(-c3cccs3)no2)C1. The van der Waals surface area contributed by atoms with Gasteiger partial charge in [-0.3, -0.25) is 0 Å². The van der Waals surface area contributed by atoms with Crippen molar-refractivity contribution >= 4 is 21.4 Å². The van der Waals surface area contributed by atoms with Crippen LogP contribution in [0.1, 0.15) is 23.3 Å². The lowest BCUT2D eigenvalue weighted by atomic mass is 10.0. The Hall–Kier alpha value is -2.04. The Kier molecular flexibility index (Phi) is 3.55. The molecule has 0 bridgehead atoms. The van der Waals surface area contributed by atoms with E-state index < -0.39 is 10.0 Å². The summed E-state index contributed by atoms with van der Waals surface area (Å²) in [4.78, 5) is 5.43. The minimum Gasteiger partial charge on any atom is -0.360 e. The highest BCUT2D eigenvalue weighted by Gasteiger charge is 2.42. The zero-order valence-corrected chi connectivity index (χ0v) is 14.6. The highest BCUT2D eigenvalue weighted by molar-refractivity contribution is 7.89. The summed E-state index contributed by atoms with van der Waals surface area (Å²) in [5.41, 5.74) is 0.369. The number of aromatic nitrogens is 3. The molecule has 3 aromatic rings. The second-order valence-corrected chi connectivity index (χ2v) is 8.43. The molecule has 24 heavy (non-hydrogen) atoms. The molecule has 3 aromatic heterocycles. The highest BCUT2D eigenvalue weighted by atomic mass is 32.2. The van der Waals surface area contributed by atoms with Crippen LogP contribution in [0.2, 0.25) is 0 Å². The van der Waals surface area contributed by atoms with Crippen molar-refractivity contribution in [3.05, 3.63) is 34.9 Å². The summed E-state index contributed by atoms with van der Waals surface area (Å²) in [6.45, 7) is 3.82. The molecule has 4 heterocycles. The summed E-state index contributed by atoms with van der Waals surface area (Å²) in [6.07, 6.45) is 0. The predicted molar refractivity (Wildman–Crippen MR) is 85.1 cm³/mol. The van der Waals surface area contributed by atoms with E-state index in [4.69, 9.17) is 9.05 Å². The Balaban J connectivity index is 1.51. The molecular weight excluding hydrogens is 352 g/mol. The fourth-order valence-corrected chi connectivity index (χ4v) is 5.14. The van der Waals surface area contributed by atoms with Gasteiger partial charge in [-0.2, -0.15) is 9.29 Å². The molecule has 0 radical (unpaired) electrons. The first kappa shape index (κ1) is 15.5. The van der Waals surface area contributed by atoms with Gasteiger partial charge in [0.05, 0.1) is 10.8 Å². The van der Waals surface area contributed by atoms with Crippen molar-refractivity contribution in [1.82, 2.24) is 19.6 Å². The number of sulfonamides is 1. The molecule has 0 unspecified atom stereocenters. The largest absolute Gasteiger partial charge is 0.360 e. The van der Waals surface area contributed by atoms with Crippen LogP contribution >= 0.6 is 11.3 Å². The molecule has 0 N–H and O–H groups in total. The lowest BCUT2D eigenvalue weighted by Gasteiger charge is -2.35. The highest BCUT2D eigenvalue weighted by Crippen LogP contribution is 2.34. The maximum Gasteiger partial charge on any atom is 0.248 e. The molecule has 0 atom stereocenters. The standard InChI is InChI=1S/C14H14N4O4S2/c1-8-12(9(2)21-16-8)24(19,20)18-6-10(7-18)14-15-13(17-22-14)11-4-3-5-23-11/h3-5,10H,6-7H2,1-2H3. The molecule has 0 saturated carbocycles. The minimum absolute atomic E-state index is 0.0959. The monoisotopic (exact) mass is 366 g/mol. The molecule has 0 aliphatic carbocycles. The van der Waals surface area contributed by atoms with Crippen molar-refractivity contribution in [2.45, 2.75) is 24.7 Å². The number of hydrogen-bond donors (Lipinski definition) is 0. The fourth-order valence-electron chi connectivity index (χ4n) is 2.67. The van der Waals surface area contributed by atoms with Gasteiger partial charge < -0.3 is 9.05 Å². The maximum absolute atomic E-state index is 12.6. The third kappa shape index (κ3) is 2.38. The number of rotatable bonds is 4. The molecule has 1 aliphatic heterocycles. The second-order valence-electron chi connectivity index (χ2n) is 5.61. The van der Waals surface area contributed by atoms with Crippen molar-refractivity contribution < 1.29 is 17.5 Å². The number of hydrogen-bond acceptors (Lipinski definition) is 8. The minimum atomic E-state index is -3.61. The quantitative estimate of drug-likeness (QED) is 0.697. The summed E-state index contributed by atoms with van der Waals surface area (Å²) in [5, 5.41) is 9.61. The van der Waals surface area contributed by atoms with Crippen LogP contribution in [0.3, 0.4) is 0 Å². The van der Waals surface area contributed by atoms with Crippen LogP contribution in [0.15, 0.2) is 31.5 Å². The molecule has 0 aromatic carbocycles. The number of aryl methyl sites for hydroxylation is 2. The van der Waals surface area contributed by atoms with Gasteiger partial charge >= 0.3 is 0 Å². The summed E-state index contributed by atoms with van der Waals surface area (Å²) in [7, 11) is -3.61. The van der Waals surface area contributed by atoms with E-state index in [1.54, 1.807) is 13.8 Å². The van der Waals surface area contributed by atoms with Gasteiger partial charge in [0, 0.05) is 13.1 Å². The first-order chi connectivity index (χ1) is 11.5. The Morgan fingerprint density at radius 2 is 2.04 bits per heavy atom. The van der Waals surface area contributed by atoms with Gasteiger partial charge in [-0.05, 0) is 25.3 Å². The Bertz CT molecular complexity index is 949. The van der Waals surface area contributed by atoms with Crippen molar-refractivity contribution in [1.29, 1.82) is 0 Å². The van der Waals surface area contributed by atoms with Crippen LogP contribution in [-0.4, -0.2) is 41.1 Å². The lowest BCUT2D eigenvalue weighted by Crippen LogP contribution is -2.48. The average molecular weight is 366 g/mol. The van der Waals surface area contributed by atoms with E-state index >= 15 is 0 Å². The topological polar surface area (TPSA) is 102 Å². The molecule has 0 spiro atoms. The van der Waals surface area contributed by atoms with E-state index in [1.165, 1.54) is 15.6 Å². The van der Waals surface area contributed by atoms with E-state index in [1.807, 2.05) is 17.5 Å². The van der Waals surface area contributed by atoms with Gasteiger partial charge in [-0.25, -0.2) is 8.42 Å². The summed E-state index contributed by atoms with van der Waals surface area (Å²) in [5.74, 6) is 1.20. The fraction of sp³-hybridized carbons (Fsp3) is 0.357. The first-order valence-electron chi connectivity index (χ1n) is 7.27. The first-order valence-corrected chi connectivity index (χ1v) is 9.59. The van der Waals surface area contributed by atoms with Crippen LogP contribution < -0.4 is 0 Å². The Labute approximate surface area is 142 Å². The molecular formula is C14H14N4O4S2. The molecule has 1 aliphatic rings. The third-order valence-corrected chi connectivity index (χ3v) is 6.89. The lowest BCUT2D eigenvalue weighted by molar-refractivity contribution is 0.216. The maximum atomic E-state index is 12.6. The van der Waals surface area contributed by atoms with Crippen molar-refractivity contribution in [2.75, 3.05) is 13.1 Å². The van der Waals surface area contributed by atoms with Gasteiger partial charge in [-0.15, -0.1) is 11.3 Å². The number of nitrogens with zero attached hydrogens (tertiary/aromatic N) is 4. The molecule has 8 nitrogen and oxygen atoms in total. The predicted octanol–water partition coefficient (Wildman–Crippen LogP) is 2.19. The molecule has 0 amide bonds. The summed E-state index contributed by atoms with van der Waals surface area (Å²) >= 11 is 1.52. The van der Waals surface area contributed by atoms with Gasteiger partial charge in [0.1, 0.15) is 10.6 Å². The van der Waals surface area contributed by atoms with E-state index in [0.29, 0.717) is 36.3 Å². The van der Waals surface area contributed by atoms with Crippen molar-refractivity contribution in [3.8, 4) is 10.7 Å². The van der Waals surface area contributed by atoms with Crippen molar-refractivity contribution in [2.24, 2.45) is 0 Å². The molecule has 10 heteroatoms. The van der Waals surface area contributed by atoms with E-state index in [9.17, 15) is 8.42 Å². The van der Waals surface area contributed by atoms with Crippen LogP contribution in [0, 0.1) is 13.8 Å². The van der Waals surface area contributed by atoms with Gasteiger partial charge in [0.15, 0.2) is 5.76 Å². The third-order valence-electron chi connectivity index (χ3n) is 3.95. The van der Waals surface area contributed by atoms with Crippen LogP contribution in [0.5, 0.6) is 0 Å². The summed E-state index contributed by atoms with van der Waals surface area (Å²) in [6, 6.07) is 3.82. The molecule has 1 fully saturated rings. The van der Waals surface area contributed by atoms with Gasteiger partial charge in [0.2, 0.25) is 21.7 Å². The normalized spacial score (nSPS) is 16.4. The van der Waals surface area contributed by atoms with Crippen LogP contribution in [-0.2, 0) is 10.0 Å². The van der Waals surface area contributed by atoms with Gasteiger partial charge in [-0.1, -0.05) is 16.4 Å². The van der Waals surface area contributed by atoms with Crippen LogP contribution in [0.4, 0.5) is 0 Å². The second kappa shape index (κ2) is 5.50. The molecule has 4 rings (SSSR count). The van der Waals surface area contributed by atoms with Crippen molar-refractivity contribution in [3.63, 3.8) is 0 Å². The van der Waals surface area contributed by atoms with E-state index in [-0.39, 0.29) is 10.8 Å². The van der Waals surface area contributed by atoms with Crippen LogP contribution in [0.25, 0.3) is 10.7 Å². The smallest absolute Gasteiger partial charge is 0.248 e. The Morgan fingerprint density at radius 3 is 2.67 bits per heavy atom. The Morgan fingerprint density at radius 1 is 1.25 bits per heavy atom. The zero-order valence-electron chi connectivity index (χ0n) is 13.0. The van der Waals surface area contributed by atoms with E-state index in [0.717, 1.165) is 4.88 Å². The average Bonchev–Trinajstić information content (AvgIpc) is 3.17. The zero-order chi connectivity index (χ0) is 16.9. The molecule has 1 saturated heterocycles. The summed E-state index contributed by atoms with van der Waals surface area (Å²) < 4.78 is 36.9. The van der Waals surface area contributed by atoms with Gasteiger partial charge in [0.25, 0.3) is 0 Å².